The molecule has 0 unspecified atom stereocenters. The summed E-state index contributed by atoms with van der Waals surface area (Å²) in [7, 11) is 0. The average Bonchev–Trinajstić information content (AvgIpc) is 2.86. The standard InChI is InChI=1S/C29H30F2N6O2/c1-27(2,39)26(38)35-28(3,21-5-6-23(30)24(31)9-21)25-7-4-19(12-34-25)14-36-15-29(16-36)17-37(18-29)22-8-20(10-32)11-33-13-22/h4-9,11-13,39H,14-18H2,1-3H3,(H,35,38)/t28-/m1/s1. The zero-order chi connectivity index (χ0) is 28.0. The van der Waals surface area contributed by atoms with Crippen LogP contribution in [0.1, 0.15) is 43.2 Å². The fourth-order valence-corrected chi connectivity index (χ4v) is 5.37. The third kappa shape index (κ3) is 5.20. The van der Waals surface area contributed by atoms with Gasteiger partial charge in [-0.05, 0) is 56.2 Å². The molecule has 39 heavy (non-hydrogen) atoms. The third-order valence-corrected chi connectivity index (χ3v) is 7.55. The number of aromatic nitrogens is 2. The second-order valence-corrected chi connectivity index (χ2v) is 11.4. The van der Waals surface area contributed by atoms with Crippen LogP contribution in [0.4, 0.5) is 14.5 Å². The molecular weight excluding hydrogens is 502 g/mol. The Morgan fingerprint density at radius 3 is 2.44 bits per heavy atom. The van der Waals surface area contributed by atoms with Gasteiger partial charge in [0.25, 0.3) is 5.91 Å². The molecule has 4 heterocycles. The van der Waals surface area contributed by atoms with Gasteiger partial charge in [-0.2, -0.15) is 5.26 Å². The summed E-state index contributed by atoms with van der Waals surface area (Å²) in [4.78, 5) is 26.0. The summed E-state index contributed by atoms with van der Waals surface area (Å²) in [5, 5.41) is 22.1. The fourth-order valence-electron chi connectivity index (χ4n) is 5.37. The van der Waals surface area contributed by atoms with Crippen molar-refractivity contribution in [2.24, 2.45) is 5.41 Å². The number of likely N-dealkylation sites (tertiary alicyclic amines) is 1. The van der Waals surface area contributed by atoms with Crippen LogP contribution in [0.2, 0.25) is 0 Å². The first-order valence-electron chi connectivity index (χ1n) is 12.7. The molecule has 1 amide bonds. The molecular formula is C29H30F2N6O2. The molecule has 2 N–H and O–H groups in total. The van der Waals surface area contributed by atoms with Crippen molar-refractivity contribution in [3.05, 3.63) is 89.0 Å². The molecule has 10 heteroatoms. The van der Waals surface area contributed by atoms with Crippen molar-refractivity contribution in [2.45, 2.75) is 38.5 Å². The van der Waals surface area contributed by atoms with Crippen molar-refractivity contribution in [1.29, 1.82) is 5.26 Å². The van der Waals surface area contributed by atoms with E-state index in [9.17, 15) is 18.7 Å². The average molecular weight is 533 g/mol. The first-order chi connectivity index (χ1) is 18.4. The lowest BCUT2D eigenvalue weighted by Gasteiger charge is -2.61. The molecule has 8 nitrogen and oxygen atoms in total. The van der Waals surface area contributed by atoms with Gasteiger partial charge in [-0.15, -0.1) is 0 Å². The van der Waals surface area contributed by atoms with Gasteiger partial charge >= 0.3 is 0 Å². The number of carbonyl (C=O) groups excluding carboxylic acids is 1. The SMILES string of the molecule is CC(C)(O)C(=O)N[C@](C)(c1ccc(F)c(F)c1)c1ccc(CN2CC3(C2)CN(c2cncc(C#N)c2)C3)cn1. The summed E-state index contributed by atoms with van der Waals surface area (Å²) in [6, 6.07) is 11.1. The second kappa shape index (κ2) is 9.67. The largest absolute Gasteiger partial charge is 0.381 e. The lowest BCUT2D eigenvalue weighted by atomic mass is 9.72. The van der Waals surface area contributed by atoms with Crippen molar-refractivity contribution in [3.8, 4) is 6.07 Å². The number of nitrogens with one attached hydrogen (secondary N) is 1. The van der Waals surface area contributed by atoms with Gasteiger partial charge in [-0.3, -0.25) is 19.7 Å². The van der Waals surface area contributed by atoms with Crippen LogP contribution in [-0.2, 0) is 16.9 Å². The summed E-state index contributed by atoms with van der Waals surface area (Å²) in [6.07, 6.45) is 5.07. The molecule has 1 spiro atoms. The highest BCUT2D eigenvalue weighted by molar-refractivity contribution is 5.85. The Hall–Kier alpha value is -3.94. The number of pyridine rings is 2. The van der Waals surface area contributed by atoms with Crippen LogP contribution in [0.25, 0.3) is 0 Å². The summed E-state index contributed by atoms with van der Waals surface area (Å²) < 4.78 is 27.8. The Bertz CT molecular complexity index is 1440. The molecule has 0 bridgehead atoms. The van der Waals surface area contributed by atoms with E-state index in [0.29, 0.717) is 23.4 Å². The Balaban J connectivity index is 1.25. The zero-order valence-corrected chi connectivity index (χ0v) is 22.1. The minimum Gasteiger partial charge on any atom is -0.381 e. The van der Waals surface area contributed by atoms with Crippen molar-refractivity contribution < 1.29 is 18.7 Å². The maximum absolute atomic E-state index is 14.1. The number of hydrogen-bond acceptors (Lipinski definition) is 7. The number of benzene rings is 1. The van der Waals surface area contributed by atoms with Crippen LogP contribution in [0.3, 0.4) is 0 Å². The molecule has 0 aliphatic carbocycles. The van der Waals surface area contributed by atoms with Gasteiger partial charge in [-0.25, -0.2) is 8.78 Å². The Morgan fingerprint density at radius 2 is 1.82 bits per heavy atom. The number of hydrogen-bond donors (Lipinski definition) is 2. The first-order valence-corrected chi connectivity index (χ1v) is 12.7. The van der Waals surface area contributed by atoms with Gasteiger partial charge in [0.15, 0.2) is 11.6 Å². The lowest BCUT2D eigenvalue weighted by molar-refractivity contribution is -0.138. The van der Waals surface area contributed by atoms with Crippen molar-refractivity contribution in [2.75, 3.05) is 31.1 Å². The minimum atomic E-state index is -1.68. The van der Waals surface area contributed by atoms with Crippen LogP contribution in [-0.4, -0.2) is 57.7 Å². The number of rotatable bonds is 7. The molecule has 202 valence electrons. The van der Waals surface area contributed by atoms with Gasteiger partial charge in [0, 0.05) is 50.5 Å². The van der Waals surface area contributed by atoms with E-state index in [1.165, 1.54) is 19.9 Å². The van der Waals surface area contributed by atoms with E-state index in [2.05, 4.69) is 31.2 Å². The topological polar surface area (TPSA) is 105 Å². The Morgan fingerprint density at radius 1 is 1.08 bits per heavy atom. The zero-order valence-electron chi connectivity index (χ0n) is 22.1. The molecule has 0 saturated carbocycles. The number of amides is 1. The molecule has 0 radical (unpaired) electrons. The molecule has 2 aliphatic heterocycles. The van der Waals surface area contributed by atoms with Gasteiger partial charge in [0.1, 0.15) is 17.2 Å². The number of nitrogens with zero attached hydrogens (tertiary/aromatic N) is 5. The number of aliphatic hydroxyl groups is 1. The van der Waals surface area contributed by atoms with E-state index in [1.807, 2.05) is 12.1 Å². The van der Waals surface area contributed by atoms with E-state index in [-0.39, 0.29) is 5.41 Å². The van der Waals surface area contributed by atoms with E-state index < -0.39 is 28.7 Å². The van der Waals surface area contributed by atoms with Gasteiger partial charge in [-0.1, -0.05) is 12.1 Å². The van der Waals surface area contributed by atoms with Crippen molar-refractivity contribution >= 4 is 11.6 Å². The second-order valence-electron chi connectivity index (χ2n) is 11.4. The predicted octanol–water partition coefficient (Wildman–Crippen LogP) is 3.10. The van der Waals surface area contributed by atoms with Gasteiger partial charge in [0.2, 0.25) is 0 Å². The number of carbonyl (C=O) groups is 1. The maximum Gasteiger partial charge on any atom is 0.252 e. The van der Waals surface area contributed by atoms with Gasteiger partial charge < -0.3 is 15.3 Å². The highest BCUT2D eigenvalue weighted by Gasteiger charge is 2.51. The summed E-state index contributed by atoms with van der Waals surface area (Å²) in [5.74, 6) is -2.70. The number of nitriles is 1. The summed E-state index contributed by atoms with van der Waals surface area (Å²) in [6.45, 7) is 8.80. The van der Waals surface area contributed by atoms with Crippen molar-refractivity contribution in [1.82, 2.24) is 20.2 Å². The van der Waals surface area contributed by atoms with Crippen LogP contribution >= 0.6 is 0 Å². The first kappa shape index (κ1) is 26.7. The molecule has 2 fully saturated rings. The van der Waals surface area contributed by atoms with Gasteiger partial charge in [0.05, 0.1) is 23.1 Å². The monoisotopic (exact) mass is 532 g/mol. The fraction of sp³-hybridized carbons (Fsp3) is 0.379. The minimum absolute atomic E-state index is 0.239. The van der Waals surface area contributed by atoms with Crippen LogP contribution in [0.15, 0.2) is 55.0 Å². The Kier molecular flexibility index (Phi) is 6.61. The quantitative estimate of drug-likeness (QED) is 0.482. The third-order valence-electron chi connectivity index (χ3n) is 7.55. The van der Waals surface area contributed by atoms with E-state index >= 15 is 0 Å². The smallest absolute Gasteiger partial charge is 0.252 e. The van der Waals surface area contributed by atoms with E-state index in [1.54, 1.807) is 31.6 Å². The molecule has 2 saturated heterocycles. The Labute approximate surface area is 225 Å². The molecule has 3 aromatic rings. The summed E-state index contributed by atoms with van der Waals surface area (Å²) >= 11 is 0. The molecule has 2 aliphatic rings. The van der Waals surface area contributed by atoms with Crippen LogP contribution in [0, 0.1) is 28.4 Å². The lowest BCUT2D eigenvalue weighted by Crippen LogP contribution is -2.72. The highest BCUT2D eigenvalue weighted by Crippen LogP contribution is 2.42. The number of anilines is 1. The van der Waals surface area contributed by atoms with E-state index in [4.69, 9.17) is 5.26 Å². The predicted molar refractivity (Wildman–Crippen MR) is 140 cm³/mol. The molecule has 5 rings (SSSR count). The number of halogens is 2. The van der Waals surface area contributed by atoms with E-state index in [0.717, 1.165) is 49.6 Å². The summed E-state index contributed by atoms with van der Waals surface area (Å²) in [5.41, 5.74) is 0.489. The molecule has 1 atom stereocenters. The highest BCUT2D eigenvalue weighted by atomic mass is 19.2. The molecule has 2 aromatic heterocycles. The molecule has 1 aromatic carbocycles. The maximum atomic E-state index is 14.1. The van der Waals surface area contributed by atoms with Crippen molar-refractivity contribution in [3.63, 3.8) is 0 Å². The van der Waals surface area contributed by atoms with Crippen LogP contribution < -0.4 is 10.2 Å². The van der Waals surface area contributed by atoms with Crippen LogP contribution in [0.5, 0.6) is 0 Å². The normalized spacial score (nSPS) is 18.0.